The molecule has 0 bridgehead atoms. The number of hydrogen-bond donors (Lipinski definition) is 2. The zero-order valence-corrected chi connectivity index (χ0v) is 13.5. The summed E-state index contributed by atoms with van der Waals surface area (Å²) in [6, 6.07) is 12.1. The Morgan fingerprint density at radius 1 is 1.17 bits per heavy atom. The van der Waals surface area contributed by atoms with Crippen molar-refractivity contribution in [2.45, 2.75) is 22.7 Å². The van der Waals surface area contributed by atoms with Crippen LogP contribution in [0, 0.1) is 0 Å². The molecule has 0 aromatic heterocycles. The summed E-state index contributed by atoms with van der Waals surface area (Å²) in [7, 11) is -3.24. The van der Waals surface area contributed by atoms with Gasteiger partial charge in [-0.1, -0.05) is 30.3 Å². The van der Waals surface area contributed by atoms with Crippen LogP contribution in [-0.4, -0.2) is 27.9 Å². The highest BCUT2D eigenvalue weighted by atomic mass is 32.2. The Kier molecular flexibility index (Phi) is 4.64. The van der Waals surface area contributed by atoms with Crippen molar-refractivity contribution in [1.29, 1.82) is 0 Å². The normalized spacial score (nSPS) is 19.4. The monoisotopic (exact) mass is 355 g/mol. The van der Waals surface area contributed by atoms with Crippen LogP contribution in [0.1, 0.15) is 22.6 Å². The first-order chi connectivity index (χ1) is 11.4. The summed E-state index contributed by atoms with van der Waals surface area (Å²) in [5.41, 5.74) is -2.43. The molecule has 0 saturated carbocycles. The van der Waals surface area contributed by atoms with E-state index in [4.69, 9.17) is 0 Å². The van der Waals surface area contributed by atoms with Gasteiger partial charge in [0.15, 0.2) is 10.8 Å². The number of hydrogen-bond acceptors (Lipinski definition) is 3. The van der Waals surface area contributed by atoms with Crippen LogP contribution < -0.4 is 5.32 Å². The van der Waals surface area contributed by atoms with Gasteiger partial charge in [0.25, 0.3) is 0 Å². The summed E-state index contributed by atoms with van der Waals surface area (Å²) in [5, 5.41) is 13.3. The van der Waals surface area contributed by atoms with Gasteiger partial charge in [0.1, 0.15) is 5.75 Å². The van der Waals surface area contributed by atoms with Crippen molar-refractivity contribution >= 4 is 10.8 Å². The van der Waals surface area contributed by atoms with Crippen LogP contribution >= 0.6 is 0 Å². The highest BCUT2D eigenvalue weighted by Crippen LogP contribution is 2.37. The first-order valence-corrected chi connectivity index (χ1v) is 8.63. The van der Waals surface area contributed by atoms with Gasteiger partial charge in [0.2, 0.25) is 0 Å². The van der Waals surface area contributed by atoms with Gasteiger partial charge in [-0.15, -0.1) is 0 Å². The summed E-state index contributed by atoms with van der Waals surface area (Å²) >= 11 is 0. The third-order valence-electron chi connectivity index (χ3n) is 4.13. The second kappa shape index (κ2) is 6.57. The van der Waals surface area contributed by atoms with E-state index >= 15 is 0 Å². The maximum atomic E-state index is 12.7. The number of alkyl halides is 3. The zero-order valence-electron chi connectivity index (χ0n) is 12.6. The molecule has 0 radical (unpaired) electrons. The van der Waals surface area contributed by atoms with Crippen LogP contribution in [0.25, 0.3) is 0 Å². The van der Waals surface area contributed by atoms with Crippen LogP contribution in [0.5, 0.6) is 5.75 Å². The molecular weight excluding hydrogens is 339 g/mol. The average molecular weight is 355 g/mol. The minimum atomic E-state index is -4.90. The first-order valence-electron chi connectivity index (χ1n) is 7.48. The zero-order chi connectivity index (χ0) is 17.3. The minimum Gasteiger partial charge on any atom is -0.507 e. The number of phenolic OH excluding ortho intramolecular Hbond substituents is 1. The lowest BCUT2D eigenvalue weighted by Crippen LogP contribution is -2.20. The highest BCUT2D eigenvalue weighted by Gasteiger charge is 2.40. The maximum absolute atomic E-state index is 12.7. The van der Waals surface area contributed by atoms with E-state index in [-0.39, 0.29) is 5.92 Å². The molecule has 128 valence electrons. The Morgan fingerprint density at radius 2 is 1.88 bits per heavy atom. The summed E-state index contributed by atoms with van der Waals surface area (Å²) in [4.78, 5) is -0.574. The van der Waals surface area contributed by atoms with Crippen molar-refractivity contribution in [3.8, 4) is 5.75 Å². The molecule has 2 aromatic carbocycles. The molecule has 1 aliphatic rings. The average Bonchev–Trinajstić information content (AvgIpc) is 2.75. The molecule has 1 heterocycles. The fourth-order valence-corrected chi connectivity index (χ4v) is 3.75. The molecule has 3 nitrogen and oxygen atoms in total. The molecule has 0 spiro atoms. The van der Waals surface area contributed by atoms with E-state index in [1.807, 2.05) is 30.3 Å². The van der Waals surface area contributed by atoms with Gasteiger partial charge < -0.3 is 10.4 Å². The Bertz CT molecular complexity index is 762. The molecule has 2 unspecified atom stereocenters. The van der Waals surface area contributed by atoms with Crippen molar-refractivity contribution in [3.63, 3.8) is 0 Å². The van der Waals surface area contributed by atoms with Crippen molar-refractivity contribution in [2.75, 3.05) is 13.1 Å². The van der Waals surface area contributed by atoms with Crippen LogP contribution in [-0.2, 0) is 17.2 Å². The lowest BCUT2D eigenvalue weighted by molar-refractivity contribution is -0.0385. The molecule has 3 rings (SSSR count). The summed E-state index contributed by atoms with van der Waals surface area (Å²) in [6.45, 7) is 1.23. The number of benzene rings is 2. The molecule has 24 heavy (non-hydrogen) atoms. The van der Waals surface area contributed by atoms with E-state index in [0.717, 1.165) is 11.1 Å². The smallest absolute Gasteiger partial charge is 0.475 e. The van der Waals surface area contributed by atoms with E-state index in [9.17, 15) is 22.5 Å². The number of rotatable bonds is 2. The highest BCUT2D eigenvalue weighted by molar-refractivity contribution is 7.86. The summed E-state index contributed by atoms with van der Waals surface area (Å²) in [6.07, 6.45) is 0.515. The third-order valence-corrected chi connectivity index (χ3v) is 5.27. The van der Waals surface area contributed by atoms with Crippen molar-refractivity contribution in [3.05, 3.63) is 59.2 Å². The van der Waals surface area contributed by atoms with Crippen LogP contribution in [0.15, 0.2) is 47.4 Å². The lowest BCUT2D eigenvalue weighted by atomic mass is 9.88. The topological polar surface area (TPSA) is 49.3 Å². The predicted octanol–water partition coefficient (Wildman–Crippen LogP) is 3.30. The first kappa shape index (κ1) is 17.0. The van der Waals surface area contributed by atoms with Crippen LogP contribution in [0.4, 0.5) is 13.2 Å². The standard InChI is InChI=1S/C17H16F3NO2S/c18-17(19,20)24(23)16-8-12-6-7-21-10-14(13(12)9-15(16)22)11-4-2-1-3-5-11/h1-5,8-9,14,21-22H,6-7,10H2. The molecule has 1 aliphatic heterocycles. The van der Waals surface area contributed by atoms with Crippen molar-refractivity contribution in [1.82, 2.24) is 5.32 Å². The summed E-state index contributed by atoms with van der Waals surface area (Å²) in [5.74, 6) is -0.657. The second-order valence-corrected chi connectivity index (χ2v) is 7.09. The molecule has 7 heteroatoms. The second-order valence-electron chi connectivity index (χ2n) is 5.65. The number of halogens is 3. The molecule has 2 atom stereocenters. The van der Waals surface area contributed by atoms with Crippen molar-refractivity contribution in [2.24, 2.45) is 0 Å². The number of fused-ring (bicyclic) bond motifs is 1. The molecule has 0 aliphatic carbocycles. The quantitative estimate of drug-likeness (QED) is 0.869. The molecule has 0 fully saturated rings. The fraction of sp³-hybridized carbons (Fsp3) is 0.294. The van der Waals surface area contributed by atoms with Crippen LogP contribution in [0.3, 0.4) is 0 Å². The van der Waals surface area contributed by atoms with Gasteiger partial charge in [-0.3, -0.25) is 0 Å². The predicted molar refractivity (Wildman–Crippen MR) is 85.4 cm³/mol. The minimum absolute atomic E-state index is 0.0806. The molecule has 0 saturated heterocycles. The Labute approximate surface area is 140 Å². The van der Waals surface area contributed by atoms with Gasteiger partial charge in [0, 0.05) is 12.5 Å². The Hall–Kier alpha value is -1.86. The van der Waals surface area contributed by atoms with E-state index in [0.29, 0.717) is 25.1 Å². The van der Waals surface area contributed by atoms with Gasteiger partial charge in [-0.05, 0) is 41.8 Å². The summed E-state index contributed by atoms with van der Waals surface area (Å²) < 4.78 is 49.9. The molecular formula is C17H16F3NO2S. The lowest BCUT2D eigenvalue weighted by Gasteiger charge is -2.20. The van der Waals surface area contributed by atoms with Gasteiger partial charge in [-0.25, -0.2) is 4.21 Å². The Balaban J connectivity index is 2.09. The van der Waals surface area contributed by atoms with E-state index in [2.05, 4.69) is 5.32 Å². The van der Waals surface area contributed by atoms with Gasteiger partial charge >= 0.3 is 5.51 Å². The largest absolute Gasteiger partial charge is 0.507 e. The van der Waals surface area contributed by atoms with E-state index in [1.165, 1.54) is 12.1 Å². The SMILES string of the molecule is O=S(c1cc2c(cc1O)C(c1ccccc1)CNCC2)C(F)(F)F. The number of nitrogens with one attached hydrogen (secondary N) is 1. The van der Waals surface area contributed by atoms with Gasteiger partial charge in [-0.2, -0.15) is 13.2 Å². The molecule has 2 N–H and O–H groups in total. The van der Waals surface area contributed by atoms with Crippen LogP contribution in [0.2, 0.25) is 0 Å². The third kappa shape index (κ3) is 3.32. The number of phenols is 1. The molecule has 0 amide bonds. The van der Waals surface area contributed by atoms with Gasteiger partial charge in [0.05, 0.1) is 4.90 Å². The van der Waals surface area contributed by atoms with E-state index in [1.54, 1.807) is 0 Å². The van der Waals surface area contributed by atoms with Crippen molar-refractivity contribution < 1.29 is 22.5 Å². The Morgan fingerprint density at radius 3 is 2.54 bits per heavy atom. The molecule has 2 aromatic rings. The maximum Gasteiger partial charge on any atom is 0.475 e. The fourth-order valence-electron chi connectivity index (χ4n) is 3.00. The number of aromatic hydroxyl groups is 1. The van der Waals surface area contributed by atoms with E-state index < -0.39 is 27.0 Å².